The highest BCUT2D eigenvalue weighted by Gasteiger charge is 2.42. The van der Waals surface area contributed by atoms with Gasteiger partial charge in [0.25, 0.3) is 0 Å². The summed E-state index contributed by atoms with van der Waals surface area (Å²) in [5.74, 6) is -5.50. The molecule has 0 radical (unpaired) electrons. The van der Waals surface area contributed by atoms with Gasteiger partial charge in [-0.2, -0.15) is 0 Å². The van der Waals surface area contributed by atoms with Gasteiger partial charge < -0.3 is 88.2 Å². The number of aliphatic hydroxyl groups is 8. The van der Waals surface area contributed by atoms with E-state index in [2.05, 4.69) is 0 Å². The lowest BCUT2D eigenvalue weighted by Crippen LogP contribution is -2.45. The maximum Gasteiger partial charge on any atom is 0.331 e. The van der Waals surface area contributed by atoms with Gasteiger partial charge in [-0.25, -0.2) is 9.59 Å². The van der Waals surface area contributed by atoms with Gasteiger partial charge in [0.05, 0.1) is 122 Å². The summed E-state index contributed by atoms with van der Waals surface area (Å²) in [7, 11) is 6.58. The molecule has 0 aliphatic carbocycles. The van der Waals surface area contributed by atoms with E-state index in [1.54, 1.807) is 54.4 Å². The first-order valence-electron chi connectivity index (χ1n) is 37.1. The number of cyclic esters (lactones) is 2. The van der Waals surface area contributed by atoms with Crippen molar-refractivity contribution >= 4 is 11.9 Å². The molecule has 20 nitrogen and oxygen atoms in total. The fourth-order valence-corrected chi connectivity index (χ4v) is 15.3. The van der Waals surface area contributed by atoms with Gasteiger partial charge in [0.1, 0.15) is 12.2 Å². The van der Waals surface area contributed by atoms with Crippen LogP contribution in [0.1, 0.15) is 199 Å². The Morgan fingerprint density at radius 2 is 0.806 bits per heavy atom. The molecule has 0 aromatic carbocycles. The van der Waals surface area contributed by atoms with E-state index < -0.39 is 133 Å². The minimum Gasteiger partial charge on any atom is -0.458 e. The number of carbonyl (C=O) groups excluding carboxylic acids is 2. The molecule has 0 saturated carbocycles. The third-order valence-corrected chi connectivity index (χ3v) is 22.3. The molecule has 0 amide bonds. The molecule has 5 aliphatic heterocycles. The third-order valence-electron chi connectivity index (χ3n) is 22.3. The standard InChI is InChI=1S/C78H132O20/c1-45-23-29-57(79)37-59-19-17-21-61(95-59)41-71(91-15)52(8)68(82)44-70(84)54(10)78(56(12)76(88)48(4)28-32-64-40-66(90-14)36-50(6)94-64)98-74(86)34-26-46(2)24-30-58(80)38-60-20-18-22-62(96-60)42-72(92-16)51(7)67(81)43-69(83)53(9)77(97-73(85)33-25-45)55(11)75(87)47(3)27-31-63-39-65(89-13)35-49(5)93-63/h17-20,23-26,33-34,47-72,75-84,87-88H,21-22,27-32,35-44H2,1-16H3/b33-25+,34-26+,45-23-,46-24+/t47-,48-,49-,50-,51-,52-,53-,54-,55-,56-,57-,58-,59-,60-,61-,62-,63-,64-,65+,66+,67-,68-,69+,70+,71-,72-,75-,76-,77-,78-/m0/s1. The summed E-state index contributed by atoms with van der Waals surface area (Å²) >= 11 is 0. The van der Waals surface area contributed by atoms with Crippen LogP contribution in [-0.4, -0.2) is 216 Å². The highest BCUT2D eigenvalue weighted by molar-refractivity contribution is 5.83. The molecule has 5 aliphatic rings. The molecule has 5 heterocycles. The lowest BCUT2D eigenvalue weighted by molar-refractivity contribution is -0.158. The Morgan fingerprint density at radius 3 is 1.15 bits per heavy atom. The molecule has 8 N–H and O–H groups in total. The predicted molar refractivity (Wildman–Crippen MR) is 377 cm³/mol. The number of carbonyl (C=O) groups is 2. The van der Waals surface area contributed by atoms with E-state index in [1.807, 2.05) is 106 Å². The third kappa shape index (κ3) is 28.1. The SMILES string of the molecule is CO[C@H]1C[C@H](CC[C@H](C)[C@H](O)[C@H](C)[C@H]2OC(=O)/C=C/C(C)=C/C[C@H](O)C[C@@H]3C=CC[C@@H](C[C@H](OC)[C@@H](C)[C@@H](O)C[C@@H](O)[C@H](C)[C@@H]([C@@H](C)[C@@H](O)[C@@H](C)CC[C@H]4C[C@H](OC)C[C@H](C)O4)OC(=O)/C=C/C(C)=C\C[C@H](O)C[C@@H]4C=CC[C@@H](C[C@H](OC)[C@@H](C)[C@@H](O)C[C@@H](O)[C@@H]2C)O4)O3)O[C@@H](C)C1. The van der Waals surface area contributed by atoms with Gasteiger partial charge in [0, 0.05) is 102 Å². The van der Waals surface area contributed by atoms with Crippen molar-refractivity contribution in [3.05, 3.63) is 71.9 Å². The van der Waals surface area contributed by atoms with Gasteiger partial charge in [-0.05, 0) is 129 Å². The van der Waals surface area contributed by atoms with Crippen LogP contribution in [0, 0.1) is 47.3 Å². The molecular weight excluding hydrogens is 1260 g/mol. The summed E-state index contributed by atoms with van der Waals surface area (Å²) in [5, 5.41) is 94.4. The number of hydrogen-bond donors (Lipinski definition) is 8. The Bertz CT molecular complexity index is 2320. The van der Waals surface area contributed by atoms with Crippen molar-refractivity contribution in [3.8, 4) is 0 Å². The Kier molecular flexibility index (Phi) is 37.6. The first-order valence-corrected chi connectivity index (χ1v) is 37.1. The van der Waals surface area contributed by atoms with Crippen LogP contribution in [0.3, 0.4) is 0 Å². The zero-order chi connectivity index (χ0) is 72.5. The number of esters is 2. The second kappa shape index (κ2) is 43.1. The van der Waals surface area contributed by atoms with Crippen LogP contribution in [0.4, 0.5) is 0 Å². The minimum atomic E-state index is -1.16. The minimum absolute atomic E-state index is 0.0293. The van der Waals surface area contributed by atoms with Crippen LogP contribution < -0.4 is 0 Å². The van der Waals surface area contributed by atoms with Gasteiger partial charge in [-0.1, -0.05) is 115 Å². The zero-order valence-corrected chi connectivity index (χ0v) is 62.3. The first-order chi connectivity index (χ1) is 46.4. The van der Waals surface area contributed by atoms with Gasteiger partial charge in [0.2, 0.25) is 0 Å². The Hall–Kier alpha value is -3.26. The van der Waals surface area contributed by atoms with Gasteiger partial charge in [-0.15, -0.1) is 0 Å². The summed E-state index contributed by atoms with van der Waals surface area (Å²) in [6.45, 7) is 22.5. The monoisotopic (exact) mass is 1390 g/mol. The van der Waals surface area contributed by atoms with Crippen molar-refractivity contribution in [3.63, 3.8) is 0 Å². The van der Waals surface area contributed by atoms with E-state index >= 15 is 0 Å². The number of allylic oxidation sites excluding steroid dienone is 4. The molecular formula is C78H132O20. The number of hydrogen-bond acceptors (Lipinski definition) is 20. The molecule has 564 valence electrons. The average molecular weight is 1390 g/mol. The van der Waals surface area contributed by atoms with Crippen LogP contribution in [0.5, 0.6) is 0 Å². The van der Waals surface area contributed by atoms with E-state index in [9.17, 15) is 50.4 Å². The highest BCUT2D eigenvalue weighted by Crippen LogP contribution is 2.37. The first kappa shape index (κ1) is 85.4. The molecule has 0 unspecified atom stereocenters. The van der Waals surface area contributed by atoms with E-state index in [0.29, 0.717) is 62.5 Å². The summed E-state index contributed by atoms with van der Waals surface area (Å²) < 4.78 is 61.3. The van der Waals surface area contributed by atoms with Crippen LogP contribution in [0.15, 0.2) is 71.9 Å². The largest absolute Gasteiger partial charge is 0.458 e. The van der Waals surface area contributed by atoms with Gasteiger partial charge in [-0.3, -0.25) is 0 Å². The number of rotatable bonds is 16. The fraction of sp³-hybridized carbons (Fsp3) is 0.821. The van der Waals surface area contributed by atoms with E-state index in [4.69, 9.17) is 47.4 Å². The summed E-state index contributed by atoms with van der Waals surface area (Å²) in [6.07, 6.45) is 14.1. The van der Waals surface area contributed by atoms with Crippen molar-refractivity contribution in [1.29, 1.82) is 0 Å². The Labute approximate surface area is 587 Å². The summed E-state index contributed by atoms with van der Waals surface area (Å²) in [6, 6.07) is 0. The quantitative estimate of drug-likeness (QED) is 0.0527. The second-order valence-electron chi connectivity index (χ2n) is 30.3. The molecule has 2 fully saturated rings. The van der Waals surface area contributed by atoms with Crippen LogP contribution in [0.25, 0.3) is 0 Å². The number of fused-ring (bicyclic) bond motifs is 4. The van der Waals surface area contributed by atoms with Crippen LogP contribution >= 0.6 is 0 Å². The lowest BCUT2D eigenvalue weighted by atomic mass is 9.78. The Morgan fingerprint density at radius 1 is 0.449 bits per heavy atom. The van der Waals surface area contributed by atoms with E-state index in [1.165, 1.54) is 12.2 Å². The van der Waals surface area contributed by atoms with Crippen molar-refractivity contribution < 1.29 is 97.8 Å². The van der Waals surface area contributed by atoms with Crippen LogP contribution in [0.2, 0.25) is 0 Å². The number of methoxy groups -OCH3 is 4. The van der Waals surface area contributed by atoms with Gasteiger partial charge >= 0.3 is 11.9 Å². The normalized spacial score (nSPS) is 41.1. The maximum atomic E-state index is 13.9. The van der Waals surface area contributed by atoms with Crippen LogP contribution in [-0.2, 0) is 57.0 Å². The van der Waals surface area contributed by atoms with Crippen molar-refractivity contribution in [1.82, 2.24) is 0 Å². The highest BCUT2D eigenvalue weighted by atomic mass is 16.6. The van der Waals surface area contributed by atoms with Crippen molar-refractivity contribution in [2.45, 2.75) is 333 Å². The molecule has 98 heavy (non-hydrogen) atoms. The summed E-state index contributed by atoms with van der Waals surface area (Å²) in [4.78, 5) is 27.8. The van der Waals surface area contributed by atoms with E-state index in [-0.39, 0.29) is 99.2 Å². The molecule has 0 spiro atoms. The summed E-state index contributed by atoms with van der Waals surface area (Å²) in [5.41, 5.74) is 1.39. The molecule has 4 bridgehead atoms. The maximum absolute atomic E-state index is 13.9. The zero-order valence-electron chi connectivity index (χ0n) is 62.3. The fourth-order valence-electron chi connectivity index (χ4n) is 15.3. The molecule has 2 saturated heterocycles. The van der Waals surface area contributed by atoms with E-state index in [0.717, 1.165) is 25.7 Å². The van der Waals surface area contributed by atoms with Crippen molar-refractivity contribution in [2.24, 2.45) is 47.3 Å². The van der Waals surface area contributed by atoms with Gasteiger partial charge in [0.15, 0.2) is 0 Å². The number of aliphatic hydroxyl groups excluding tert-OH is 8. The Balaban J connectivity index is 1.36. The average Bonchev–Trinajstić information content (AvgIpc) is 0.853. The smallest absolute Gasteiger partial charge is 0.331 e. The second-order valence-corrected chi connectivity index (χ2v) is 30.3. The predicted octanol–water partition coefficient (Wildman–Crippen LogP) is 10.1. The molecule has 30 atom stereocenters. The molecule has 5 rings (SSSR count). The lowest BCUT2D eigenvalue weighted by Gasteiger charge is -2.38. The molecule has 0 aromatic rings. The van der Waals surface area contributed by atoms with Crippen molar-refractivity contribution in [2.75, 3.05) is 28.4 Å². The topological polar surface area (TPSA) is 288 Å². The molecule has 20 heteroatoms. The molecule has 0 aromatic heterocycles. The number of ether oxygens (including phenoxy) is 10.